The van der Waals surface area contributed by atoms with E-state index in [2.05, 4.69) is 15.6 Å². The summed E-state index contributed by atoms with van der Waals surface area (Å²) in [5, 5.41) is 5.13. The van der Waals surface area contributed by atoms with Gasteiger partial charge in [0.1, 0.15) is 5.82 Å². The average Bonchev–Trinajstić information content (AvgIpc) is 2.76. The number of aromatic nitrogens is 1. The number of alkyl halides is 2. The fourth-order valence-electron chi connectivity index (χ4n) is 3.10. The molecule has 0 aliphatic heterocycles. The lowest BCUT2D eigenvalue weighted by Crippen LogP contribution is -2.27. The molecule has 1 amide bonds. The molecular weight excluding hydrogens is 441 g/mol. The molecule has 0 saturated heterocycles. The van der Waals surface area contributed by atoms with Gasteiger partial charge in [-0.2, -0.15) is 8.78 Å². The molecule has 0 unspecified atom stereocenters. The number of anilines is 2. The molecule has 5 nitrogen and oxygen atoms in total. The second kappa shape index (κ2) is 9.91. The number of hydrogen-bond donors (Lipinski definition) is 3. The Bertz CT molecular complexity index is 1110. The van der Waals surface area contributed by atoms with Gasteiger partial charge >= 0.3 is 0 Å². The normalized spacial score (nSPS) is 11.3. The largest absolute Gasteiger partial charge is 0.384 e. The van der Waals surface area contributed by atoms with E-state index < -0.39 is 24.2 Å². The van der Waals surface area contributed by atoms with Crippen LogP contribution in [0, 0.1) is 12.7 Å². The summed E-state index contributed by atoms with van der Waals surface area (Å²) in [6.45, 7) is 1.12. The van der Waals surface area contributed by atoms with Crippen molar-refractivity contribution >= 4 is 29.0 Å². The lowest BCUT2D eigenvalue weighted by molar-refractivity contribution is -0.120. The van der Waals surface area contributed by atoms with Crippen molar-refractivity contribution in [1.29, 1.82) is 0 Å². The zero-order valence-electron chi connectivity index (χ0n) is 17.3. The van der Waals surface area contributed by atoms with Crippen molar-refractivity contribution in [2.75, 3.05) is 17.6 Å². The predicted octanol–water partition coefficient (Wildman–Crippen LogP) is 4.83. The standard InChI is InChI=1S/C23H22ClF3N4O/c1-14-15(7-10-20(28)31-14)12-29-21(32)11-17-18(24)8-9-19(22(17)25)30-13-23(26,27)16-5-3-2-4-6-16/h2-10,30H,11-13H2,1H3,(H2,28,31)(H,29,32). The fraction of sp³-hybridized carbons (Fsp3) is 0.217. The van der Waals surface area contributed by atoms with Crippen LogP contribution in [0.1, 0.15) is 22.4 Å². The highest BCUT2D eigenvalue weighted by Crippen LogP contribution is 2.31. The SMILES string of the molecule is Cc1nc(N)ccc1CNC(=O)Cc1c(Cl)ccc(NCC(F)(F)c2ccccc2)c1F. The number of nitrogens with one attached hydrogen (secondary N) is 2. The Morgan fingerprint density at radius 2 is 1.84 bits per heavy atom. The van der Waals surface area contributed by atoms with E-state index in [-0.39, 0.29) is 34.8 Å². The second-order valence-electron chi connectivity index (χ2n) is 7.25. The Morgan fingerprint density at radius 1 is 1.12 bits per heavy atom. The lowest BCUT2D eigenvalue weighted by Gasteiger charge is -2.19. The first-order valence-electron chi connectivity index (χ1n) is 9.80. The van der Waals surface area contributed by atoms with Gasteiger partial charge in [0, 0.05) is 28.4 Å². The topological polar surface area (TPSA) is 80.0 Å². The zero-order chi connectivity index (χ0) is 23.3. The summed E-state index contributed by atoms with van der Waals surface area (Å²) in [5.74, 6) is -4.17. The number of nitrogens with two attached hydrogens (primary N) is 1. The minimum absolute atomic E-state index is 0.0309. The predicted molar refractivity (Wildman–Crippen MR) is 119 cm³/mol. The van der Waals surface area contributed by atoms with E-state index in [9.17, 15) is 18.0 Å². The molecule has 0 fully saturated rings. The number of pyridine rings is 1. The first-order valence-corrected chi connectivity index (χ1v) is 10.2. The van der Waals surface area contributed by atoms with Gasteiger partial charge in [-0.1, -0.05) is 48.0 Å². The van der Waals surface area contributed by atoms with E-state index in [1.807, 2.05) is 0 Å². The van der Waals surface area contributed by atoms with Crippen LogP contribution in [-0.4, -0.2) is 17.4 Å². The van der Waals surface area contributed by atoms with Gasteiger partial charge in [0.25, 0.3) is 5.92 Å². The van der Waals surface area contributed by atoms with Gasteiger partial charge in [-0.15, -0.1) is 0 Å². The highest BCUT2D eigenvalue weighted by atomic mass is 35.5. The molecule has 1 heterocycles. The van der Waals surface area contributed by atoms with Crippen LogP contribution in [-0.2, 0) is 23.7 Å². The number of hydrogen-bond acceptors (Lipinski definition) is 4. The van der Waals surface area contributed by atoms with Crippen molar-refractivity contribution in [2.45, 2.75) is 25.8 Å². The molecule has 0 spiro atoms. The van der Waals surface area contributed by atoms with E-state index in [1.165, 1.54) is 36.4 Å². The van der Waals surface area contributed by atoms with E-state index in [0.29, 0.717) is 11.5 Å². The molecule has 1 aromatic heterocycles. The first kappa shape index (κ1) is 23.4. The third-order valence-electron chi connectivity index (χ3n) is 4.91. The van der Waals surface area contributed by atoms with Crippen LogP contribution >= 0.6 is 11.6 Å². The van der Waals surface area contributed by atoms with Crippen molar-refractivity contribution < 1.29 is 18.0 Å². The first-order chi connectivity index (χ1) is 15.2. The van der Waals surface area contributed by atoms with Crippen LogP contribution in [0.3, 0.4) is 0 Å². The maximum Gasteiger partial charge on any atom is 0.290 e. The number of benzene rings is 2. The monoisotopic (exact) mass is 462 g/mol. The number of carbonyl (C=O) groups excluding carboxylic acids is 1. The minimum atomic E-state index is -3.21. The highest BCUT2D eigenvalue weighted by Gasteiger charge is 2.31. The van der Waals surface area contributed by atoms with Crippen LogP contribution in [0.25, 0.3) is 0 Å². The summed E-state index contributed by atoms with van der Waals surface area (Å²) < 4.78 is 43.7. The Kier molecular flexibility index (Phi) is 7.25. The molecule has 3 aromatic rings. The lowest BCUT2D eigenvalue weighted by atomic mass is 10.1. The van der Waals surface area contributed by atoms with Gasteiger partial charge in [0.05, 0.1) is 18.7 Å². The Morgan fingerprint density at radius 3 is 2.53 bits per heavy atom. The summed E-state index contributed by atoms with van der Waals surface area (Å²) in [6.07, 6.45) is -0.350. The molecule has 0 bridgehead atoms. The Hall–Kier alpha value is -3.26. The molecule has 0 atom stereocenters. The quantitative estimate of drug-likeness (QED) is 0.448. The summed E-state index contributed by atoms with van der Waals surface area (Å²) in [5.41, 5.74) is 6.61. The number of amides is 1. The molecule has 4 N–H and O–H groups in total. The molecule has 3 rings (SSSR count). The van der Waals surface area contributed by atoms with Crippen molar-refractivity contribution in [3.63, 3.8) is 0 Å². The van der Waals surface area contributed by atoms with E-state index >= 15 is 0 Å². The van der Waals surface area contributed by atoms with Crippen LogP contribution < -0.4 is 16.4 Å². The molecular formula is C23H22ClF3N4O. The molecule has 9 heteroatoms. The van der Waals surface area contributed by atoms with Crippen molar-refractivity contribution in [1.82, 2.24) is 10.3 Å². The highest BCUT2D eigenvalue weighted by molar-refractivity contribution is 6.31. The summed E-state index contributed by atoms with van der Waals surface area (Å²) in [4.78, 5) is 16.5. The van der Waals surface area contributed by atoms with Crippen LogP contribution in [0.5, 0.6) is 0 Å². The molecule has 0 aliphatic carbocycles. The average molecular weight is 463 g/mol. The summed E-state index contributed by atoms with van der Waals surface area (Å²) in [7, 11) is 0. The van der Waals surface area contributed by atoms with Crippen LogP contribution in [0.15, 0.2) is 54.6 Å². The third-order valence-corrected chi connectivity index (χ3v) is 5.27. The molecule has 0 saturated carbocycles. The minimum Gasteiger partial charge on any atom is -0.384 e. The van der Waals surface area contributed by atoms with Crippen molar-refractivity contribution in [3.8, 4) is 0 Å². The summed E-state index contributed by atoms with van der Waals surface area (Å²) >= 11 is 6.07. The van der Waals surface area contributed by atoms with Crippen molar-refractivity contribution in [2.24, 2.45) is 0 Å². The van der Waals surface area contributed by atoms with E-state index in [1.54, 1.807) is 25.1 Å². The Labute approximate surface area is 188 Å². The van der Waals surface area contributed by atoms with Gasteiger partial charge in [-0.25, -0.2) is 9.37 Å². The molecule has 0 aliphatic rings. The smallest absolute Gasteiger partial charge is 0.290 e. The number of nitrogens with zero attached hydrogens (tertiary/aromatic N) is 1. The number of rotatable bonds is 8. The number of carbonyl (C=O) groups is 1. The van der Waals surface area contributed by atoms with E-state index in [0.717, 1.165) is 5.56 Å². The maximum absolute atomic E-state index is 14.9. The van der Waals surface area contributed by atoms with Gasteiger partial charge in [0.15, 0.2) is 5.82 Å². The van der Waals surface area contributed by atoms with E-state index in [4.69, 9.17) is 17.3 Å². The zero-order valence-corrected chi connectivity index (χ0v) is 18.0. The maximum atomic E-state index is 14.9. The van der Waals surface area contributed by atoms with Gasteiger partial charge < -0.3 is 16.4 Å². The molecule has 32 heavy (non-hydrogen) atoms. The number of nitrogen functional groups attached to an aromatic ring is 1. The van der Waals surface area contributed by atoms with Gasteiger partial charge in [0.2, 0.25) is 5.91 Å². The molecule has 0 radical (unpaired) electrons. The Balaban J connectivity index is 1.67. The second-order valence-corrected chi connectivity index (χ2v) is 7.65. The molecule has 168 valence electrons. The van der Waals surface area contributed by atoms with Crippen LogP contribution in [0.2, 0.25) is 5.02 Å². The molecule has 2 aromatic carbocycles. The number of aryl methyl sites for hydroxylation is 1. The van der Waals surface area contributed by atoms with Crippen molar-refractivity contribution in [3.05, 3.63) is 87.8 Å². The fourth-order valence-corrected chi connectivity index (χ4v) is 3.31. The van der Waals surface area contributed by atoms with Gasteiger partial charge in [-0.3, -0.25) is 4.79 Å². The van der Waals surface area contributed by atoms with Crippen LogP contribution in [0.4, 0.5) is 24.7 Å². The summed E-state index contributed by atoms with van der Waals surface area (Å²) in [6, 6.07) is 13.2. The number of halogens is 4. The third kappa shape index (κ3) is 5.70. The van der Waals surface area contributed by atoms with Gasteiger partial charge in [-0.05, 0) is 30.7 Å².